The predicted molar refractivity (Wildman–Crippen MR) is 119 cm³/mol. The quantitative estimate of drug-likeness (QED) is 0.300. The fraction of sp³-hybridized carbons (Fsp3) is 0.920. The van der Waals surface area contributed by atoms with Gasteiger partial charge in [-0.1, -0.05) is 25.5 Å². The van der Waals surface area contributed by atoms with Crippen LogP contribution in [0.4, 0.5) is 0 Å². The minimum Gasteiger partial charge on any atom is -0.393 e. The fourth-order valence-electron chi connectivity index (χ4n) is 8.21. The Kier molecular flexibility index (Phi) is 6.42. The summed E-state index contributed by atoms with van der Waals surface area (Å²) in [5, 5.41) is 22.5. The highest BCUT2D eigenvalue weighted by Gasteiger charge is 2.66. The van der Waals surface area contributed by atoms with Crippen molar-refractivity contribution in [2.45, 2.75) is 90.3 Å². The molecule has 5 nitrogen and oxygen atoms in total. The third-order valence-electron chi connectivity index (χ3n) is 10.1. The summed E-state index contributed by atoms with van der Waals surface area (Å²) in [6.45, 7) is 8.75. The van der Waals surface area contributed by atoms with Crippen LogP contribution in [0.1, 0.15) is 78.6 Å². The number of hydroxylamine groups is 1. The zero-order valence-corrected chi connectivity index (χ0v) is 19.3. The molecule has 4 rings (SSSR count). The Hall–Kier alpha value is -0.460. The van der Waals surface area contributed by atoms with Gasteiger partial charge in [0.15, 0.2) is 0 Å². The lowest BCUT2D eigenvalue weighted by Gasteiger charge is -2.63. The Morgan fingerprint density at radius 3 is 2.67 bits per heavy atom. The molecule has 0 heterocycles. The number of rotatable bonds is 6. The molecule has 4 saturated carbocycles. The van der Waals surface area contributed by atoms with E-state index in [1.807, 2.05) is 0 Å². The van der Waals surface area contributed by atoms with Crippen molar-refractivity contribution >= 4 is 0 Å². The molecule has 0 spiro atoms. The topological polar surface area (TPSA) is 87.7 Å². The maximum Gasteiger partial charge on any atom is 0.0804 e. The third kappa shape index (κ3) is 3.59. The molecule has 30 heavy (non-hydrogen) atoms. The van der Waals surface area contributed by atoms with E-state index in [4.69, 9.17) is 10.6 Å². The fourth-order valence-corrected chi connectivity index (χ4v) is 8.21. The molecule has 0 unspecified atom stereocenters. The van der Waals surface area contributed by atoms with Crippen LogP contribution in [0.15, 0.2) is 11.6 Å². The molecule has 0 amide bonds. The van der Waals surface area contributed by atoms with Crippen molar-refractivity contribution in [3.8, 4) is 0 Å². The summed E-state index contributed by atoms with van der Waals surface area (Å²) in [6, 6.07) is 0. The summed E-state index contributed by atoms with van der Waals surface area (Å²) in [4.78, 5) is 5.33. The maximum absolute atomic E-state index is 12.2. The summed E-state index contributed by atoms with van der Waals surface area (Å²) < 4.78 is 0. The third-order valence-corrected chi connectivity index (χ3v) is 10.1. The molecule has 8 atom stereocenters. The molecule has 4 aliphatic rings. The molecular weight excluding hydrogens is 376 g/mol. The monoisotopic (exact) mass is 420 g/mol. The second kappa shape index (κ2) is 8.47. The van der Waals surface area contributed by atoms with E-state index in [0.29, 0.717) is 48.8 Å². The SMILES string of the molecule is C/C(=C\[C@H]1CC[C@]2(O)[C@@H]3CC[C@@H]4C[C@@H](O)CC[C@]4(C)[C@H]3CC[C@]12C)CNOCCN. The molecule has 172 valence electrons. The van der Waals surface area contributed by atoms with Crippen LogP contribution in [0.3, 0.4) is 0 Å². The van der Waals surface area contributed by atoms with E-state index < -0.39 is 5.60 Å². The molecule has 5 heteroatoms. The van der Waals surface area contributed by atoms with Gasteiger partial charge in [-0.3, -0.25) is 0 Å². The van der Waals surface area contributed by atoms with Crippen molar-refractivity contribution in [2.75, 3.05) is 19.7 Å². The van der Waals surface area contributed by atoms with Gasteiger partial charge in [0.2, 0.25) is 0 Å². The molecule has 0 aromatic carbocycles. The first-order chi connectivity index (χ1) is 14.2. The van der Waals surface area contributed by atoms with Crippen LogP contribution in [0.25, 0.3) is 0 Å². The second-order valence-corrected chi connectivity index (χ2v) is 11.4. The van der Waals surface area contributed by atoms with Gasteiger partial charge in [0.1, 0.15) is 0 Å². The number of hydrogen-bond donors (Lipinski definition) is 4. The van der Waals surface area contributed by atoms with Crippen molar-refractivity contribution in [3.05, 3.63) is 11.6 Å². The zero-order valence-electron chi connectivity index (χ0n) is 19.3. The van der Waals surface area contributed by atoms with Crippen LogP contribution in [-0.2, 0) is 4.84 Å². The number of aliphatic hydroxyl groups excluding tert-OH is 1. The number of hydrogen-bond acceptors (Lipinski definition) is 5. The minimum atomic E-state index is -0.551. The maximum atomic E-state index is 12.2. The Balaban J connectivity index is 1.50. The molecule has 0 bridgehead atoms. The Bertz CT molecular complexity index is 654. The van der Waals surface area contributed by atoms with Crippen molar-refractivity contribution < 1.29 is 15.1 Å². The Labute approximate surface area is 182 Å². The van der Waals surface area contributed by atoms with Crippen LogP contribution < -0.4 is 11.2 Å². The molecule has 0 saturated heterocycles. The highest BCUT2D eigenvalue weighted by molar-refractivity contribution is 5.21. The Morgan fingerprint density at radius 1 is 1.10 bits per heavy atom. The predicted octanol–water partition coefficient (Wildman–Crippen LogP) is 3.55. The van der Waals surface area contributed by atoms with Gasteiger partial charge in [0.25, 0.3) is 0 Å². The summed E-state index contributed by atoms with van der Waals surface area (Å²) >= 11 is 0. The number of fused-ring (bicyclic) bond motifs is 5. The normalized spacial score (nSPS) is 48.7. The number of nitrogens with one attached hydrogen (secondary N) is 1. The zero-order chi connectivity index (χ0) is 21.6. The average molecular weight is 421 g/mol. The van der Waals surface area contributed by atoms with Gasteiger partial charge in [-0.15, -0.1) is 0 Å². The summed E-state index contributed by atoms with van der Waals surface area (Å²) in [5.41, 5.74) is 9.47. The lowest BCUT2D eigenvalue weighted by atomic mass is 9.43. The molecular formula is C25H44N2O3. The first-order valence-electron chi connectivity index (χ1n) is 12.4. The molecule has 5 N–H and O–H groups in total. The van der Waals surface area contributed by atoms with Crippen molar-refractivity contribution in [1.82, 2.24) is 5.48 Å². The second-order valence-electron chi connectivity index (χ2n) is 11.4. The number of allylic oxidation sites excluding steroid dienone is 1. The van der Waals surface area contributed by atoms with Gasteiger partial charge < -0.3 is 20.8 Å². The smallest absolute Gasteiger partial charge is 0.0804 e. The van der Waals surface area contributed by atoms with E-state index in [1.165, 1.54) is 18.4 Å². The number of nitrogens with two attached hydrogens (primary N) is 1. The largest absolute Gasteiger partial charge is 0.393 e. The first kappa shape index (κ1) is 22.7. The van der Waals surface area contributed by atoms with E-state index in [2.05, 4.69) is 32.3 Å². The number of aliphatic hydroxyl groups is 2. The van der Waals surface area contributed by atoms with Crippen molar-refractivity contribution in [3.63, 3.8) is 0 Å². The average Bonchev–Trinajstić information content (AvgIpc) is 2.97. The summed E-state index contributed by atoms with van der Waals surface area (Å²) in [5.74, 6) is 2.09. The highest BCUT2D eigenvalue weighted by Crippen LogP contribution is 2.69. The van der Waals surface area contributed by atoms with E-state index in [1.54, 1.807) is 0 Å². The Morgan fingerprint density at radius 2 is 1.90 bits per heavy atom. The summed E-state index contributed by atoms with van der Waals surface area (Å²) in [6.07, 6.45) is 12.0. The van der Waals surface area contributed by atoms with Crippen molar-refractivity contribution in [1.29, 1.82) is 0 Å². The molecule has 4 fully saturated rings. The lowest BCUT2D eigenvalue weighted by molar-refractivity contribution is -0.207. The van der Waals surface area contributed by atoms with Gasteiger partial charge >= 0.3 is 0 Å². The van der Waals surface area contributed by atoms with Gasteiger partial charge in [0.05, 0.1) is 18.3 Å². The van der Waals surface area contributed by atoms with Crippen LogP contribution in [0, 0.1) is 34.5 Å². The lowest BCUT2D eigenvalue weighted by Crippen LogP contribution is -2.62. The van der Waals surface area contributed by atoms with Crippen molar-refractivity contribution in [2.24, 2.45) is 40.2 Å². The van der Waals surface area contributed by atoms with Crippen LogP contribution >= 0.6 is 0 Å². The molecule has 0 radical (unpaired) electrons. The molecule has 0 aromatic heterocycles. The van der Waals surface area contributed by atoms with Gasteiger partial charge in [-0.2, -0.15) is 5.48 Å². The van der Waals surface area contributed by atoms with Gasteiger partial charge in [0, 0.05) is 18.5 Å². The minimum absolute atomic E-state index is 0.0368. The first-order valence-corrected chi connectivity index (χ1v) is 12.4. The van der Waals surface area contributed by atoms with Crippen LogP contribution in [-0.4, -0.2) is 41.6 Å². The molecule has 0 aliphatic heterocycles. The molecule has 4 aliphatic carbocycles. The van der Waals surface area contributed by atoms with E-state index >= 15 is 0 Å². The van der Waals surface area contributed by atoms with Gasteiger partial charge in [-0.25, -0.2) is 0 Å². The van der Waals surface area contributed by atoms with Crippen LogP contribution in [0.5, 0.6) is 0 Å². The van der Waals surface area contributed by atoms with Crippen LogP contribution in [0.2, 0.25) is 0 Å². The highest BCUT2D eigenvalue weighted by atomic mass is 16.6. The van der Waals surface area contributed by atoms with Gasteiger partial charge in [-0.05, 0) is 93.8 Å². The summed E-state index contributed by atoms with van der Waals surface area (Å²) in [7, 11) is 0. The van der Waals surface area contributed by atoms with E-state index in [9.17, 15) is 10.2 Å². The van der Waals surface area contributed by atoms with E-state index in [-0.39, 0.29) is 11.5 Å². The molecule has 0 aromatic rings. The van der Waals surface area contributed by atoms with E-state index in [0.717, 1.165) is 44.9 Å². The standard InChI is InChI=1S/C25H44N2O3/c1-17(16-27-30-13-12-26)14-19-6-11-25(29)22-5-4-18-15-20(28)7-9-23(18,2)21(22)8-10-24(19,25)3/h14,18-22,27-29H,4-13,15-16,26H2,1-3H3/b17-14+/t18-,19-,20+,21+,22-,23+,24-,25+/m1/s1.